The molecule has 1 rings (SSSR count). The molecule has 0 aliphatic heterocycles. The van der Waals surface area contributed by atoms with Gasteiger partial charge in [0.25, 0.3) is 0 Å². The summed E-state index contributed by atoms with van der Waals surface area (Å²) in [4.78, 5) is 22.0. The minimum Gasteiger partial charge on any atom is -0.465 e. The Bertz CT molecular complexity index is 339. The monoisotopic (exact) mass is 231 g/mol. The fourth-order valence-corrected chi connectivity index (χ4v) is 0.974. The molecule has 0 aromatic carbocycles. The van der Waals surface area contributed by atoms with Crippen molar-refractivity contribution >= 4 is 29.5 Å². The second-order valence-electron chi connectivity index (χ2n) is 2.44. The molecule has 1 heterocycles. The van der Waals surface area contributed by atoms with Crippen LogP contribution in [0.2, 0.25) is 5.28 Å². The van der Waals surface area contributed by atoms with Crippen molar-refractivity contribution in [3.8, 4) is 0 Å². The summed E-state index contributed by atoms with van der Waals surface area (Å²) in [7, 11) is 0. The van der Waals surface area contributed by atoms with E-state index in [2.05, 4.69) is 25.0 Å². The Morgan fingerprint density at radius 3 is 2.87 bits per heavy atom. The number of aromatic nitrogens is 3. The van der Waals surface area contributed by atoms with E-state index in [0.29, 0.717) is 6.61 Å². The molecular formula is C7H10ClN5O2. The number of nitrogens with one attached hydrogen (secondary N) is 1. The minimum atomic E-state index is -0.410. The third-order valence-electron chi connectivity index (χ3n) is 1.32. The van der Waals surface area contributed by atoms with Crippen LogP contribution in [-0.4, -0.2) is 34.1 Å². The summed E-state index contributed by atoms with van der Waals surface area (Å²) in [5, 5.41) is 2.58. The summed E-state index contributed by atoms with van der Waals surface area (Å²) in [6.45, 7) is 1.99. The Morgan fingerprint density at radius 1 is 1.53 bits per heavy atom. The predicted octanol–water partition coefficient (Wildman–Crippen LogP) is 0.0822. The van der Waals surface area contributed by atoms with Crippen LogP contribution in [0.15, 0.2) is 0 Å². The Labute approximate surface area is 91.0 Å². The summed E-state index contributed by atoms with van der Waals surface area (Å²) in [5.41, 5.74) is 5.32. The van der Waals surface area contributed by atoms with Crippen LogP contribution in [0.3, 0.4) is 0 Å². The maximum atomic E-state index is 11.0. The van der Waals surface area contributed by atoms with Crippen LogP contribution in [-0.2, 0) is 9.53 Å². The summed E-state index contributed by atoms with van der Waals surface area (Å²) in [5.74, 6) is -0.283. The molecule has 1 aromatic heterocycles. The highest BCUT2D eigenvalue weighted by Gasteiger charge is 2.05. The van der Waals surface area contributed by atoms with Gasteiger partial charge in [-0.3, -0.25) is 4.79 Å². The van der Waals surface area contributed by atoms with E-state index in [4.69, 9.17) is 17.3 Å². The van der Waals surface area contributed by atoms with Gasteiger partial charge >= 0.3 is 5.97 Å². The van der Waals surface area contributed by atoms with Gasteiger partial charge in [0.1, 0.15) is 6.54 Å². The fourth-order valence-electron chi connectivity index (χ4n) is 0.808. The maximum absolute atomic E-state index is 11.0. The molecule has 82 valence electrons. The molecule has 0 radical (unpaired) electrons. The SMILES string of the molecule is CCOC(=O)CNc1nc(N)nc(Cl)n1. The van der Waals surface area contributed by atoms with Crippen molar-refractivity contribution in [1.82, 2.24) is 15.0 Å². The van der Waals surface area contributed by atoms with Crippen molar-refractivity contribution in [3.63, 3.8) is 0 Å². The van der Waals surface area contributed by atoms with Gasteiger partial charge in [-0.05, 0) is 18.5 Å². The van der Waals surface area contributed by atoms with Crippen molar-refractivity contribution in [2.75, 3.05) is 24.2 Å². The number of hydrogen-bond donors (Lipinski definition) is 2. The molecule has 0 aliphatic rings. The molecule has 0 atom stereocenters. The molecule has 0 spiro atoms. The average Bonchev–Trinajstić information content (AvgIpc) is 2.14. The van der Waals surface area contributed by atoms with Gasteiger partial charge in [0, 0.05) is 0 Å². The molecule has 0 aliphatic carbocycles. The Kier molecular flexibility index (Phi) is 4.04. The molecule has 0 unspecified atom stereocenters. The number of carbonyl (C=O) groups is 1. The minimum absolute atomic E-state index is 0.0126. The molecule has 0 bridgehead atoms. The quantitative estimate of drug-likeness (QED) is 0.708. The molecule has 8 heteroatoms. The van der Waals surface area contributed by atoms with Gasteiger partial charge in [-0.1, -0.05) is 0 Å². The highest BCUT2D eigenvalue weighted by Crippen LogP contribution is 2.06. The number of esters is 1. The molecule has 0 amide bonds. The molecule has 0 saturated carbocycles. The number of nitrogens with two attached hydrogens (primary N) is 1. The van der Waals surface area contributed by atoms with Crippen molar-refractivity contribution in [2.24, 2.45) is 0 Å². The molecule has 15 heavy (non-hydrogen) atoms. The second kappa shape index (κ2) is 5.30. The number of nitrogen functional groups attached to an aromatic ring is 1. The van der Waals surface area contributed by atoms with E-state index in [9.17, 15) is 4.79 Å². The standard InChI is InChI=1S/C7H10ClN5O2/c1-2-15-4(14)3-10-7-12-5(8)11-6(9)13-7/h2-3H2,1H3,(H3,9,10,11,12,13). The van der Waals surface area contributed by atoms with Gasteiger partial charge in [-0.15, -0.1) is 0 Å². The maximum Gasteiger partial charge on any atom is 0.325 e. The molecular weight excluding hydrogens is 222 g/mol. The second-order valence-corrected chi connectivity index (χ2v) is 2.78. The van der Waals surface area contributed by atoms with Crippen LogP contribution in [0, 0.1) is 0 Å². The zero-order valence-corrected chi connectivity index (χ0v) is 8.78. The van der Waals surface area contributed by atoms with Crippen LogP contribution < -0.4 is 11.1 Å². The lowest BCUT2D eigenvalue weighted by Crippen LogP contribution is -2.18. The zero-order chi connectivity index (χ0) is 11.3. The number of carbonyl (C=O) groups excluding carboxylic acids is 1. The van der Waals surface area contributed by atoms with Gasteiger partial charge < -0.3 is 15.8 Å². The Balaban J connectivity index is 2.54. The summed E-state index contributed by atoms with van der Waals surface area (Å²) < 4.78 is 4.69. The van der Waals surface area contributed by atoms with E-state index >= 15 is 0 Å². The van der Waals surface area contributed by atoms with Crippen molar-refractivity contribution in [3.05, 3.63) is 5.28 Å². The lowest BCUT2D eigenvalue weighted by Gasteiger charge is -2.04. The highest BCUT2D eigenvalue weighted by molar-refractivity contribution is 6.28. The first-order valence-electron chi connectivity index (χ1n) is 4.18. The average molecular weight is 232 g/mol. The van der Waals surface area contributed by atoms with E-state index < -0.39 is 5.97 Å². The number of ether oxygens (including phenoxy) is 1. The van der Waals surface area contributed by atoms with Gasteiger partial charge in [0.2, 0.25) is 17.2 Å². The predicted molar refractivity (Wildman–Crippen MR) is 54.4 cm³/mol. The summed E-state index contributed by atoms with van der Waals surface area (Å²) >= 11 is 5.53. The van der Waals surface area contributed by atoms with E-state index in [1.54, 1.807) is 6.92 Å². The first-order valence-corrected chi connectivity index (χ1v) is 4.56. The zero-order valence-electron chi connectivity index (χ0n) is 8.03. The van der Waals surface area contributed by atoms with E-state index in [-0.39, 0.29) is 23.7 Å². The Morgan fingerprint density at radius 2 is 2.27 bits per heavy atom. The normalized spacial score (nSPS) is 9.73. The largest absolute Gasteiger partial charge is 0.465 e. The van der Waals surface area contributed by atoms with Crippen molar-refractivity contribution in [2.45, 2.75) is 6.92 Å². The fraction of sp³-hybridized carbons (Fsp3) is 0.429. The van der Waals surface area contributed by atoms with Crippen LogP contribution >= 0.6 is 11.6 Å². The van der Waals surface area contributed by atoms with Crippen molar-refractivity contribution < 1.29 is 9.53 Å². The van der Waals surface area contributed by atoms with Gasteiger partial charge in [-0.2, -0.15) is 15.0 Å². The number of hydrogen-bond acceptors (Lipinski definition) is 7. The third-order valence-corrected chi connectivity index (χ3v) is 1.49. The lowest BCUT2D eigenvalue weighted by molar-refractivity contribution is -0.140. The van der Waals surface area contributed by atoms with Gasteiger partial charge in [0.15, 0.2) is 0 Å². The first kappa shape index (κ1) is 11.4. The van der Waals surface area contributed by atoms with Gasteiger partial charge in [0.05, 0.1) is 6.61 Å². The molecule has 3 N–H and O–H groups in total. The van der Waals surface area contributed by atoms with Crippen LogP contribution in [0.5, 0.6) is 0 Å². The van der Waals surface area contributed by atoms with Crippen LogP contribution in [0.1, 0.15) is 6.92 Å². The number of rotatable bonds is 4. The van der Waals surface area contributed by atoms with E-state index in [1.165, 1.54) is 0 Å². The molecule has 7 nitrogen and oxygen atoms in total. The smallest absolute Gasteiger partial charge is 0.325 e. The van der Waals surface area contributed by atoms with E-state index in [1.807, 2.05) is 0 Å². The summed E-state index contributed by atoms with van der Waals surface area (Å²) in [6.07, 6.45) is 0. The van der Waals surface area contributed by atoms with E-state index in [0.717, 1.165) is 0 Å². The molecule has 1 aromatic rings. The summed E-state index contributed by atoms with van der Waals surface area (Å²) in [6, 6.07) is 0. The van der Waals surface area contributed by atoms with Crippen LogP contribution in [0.25, 0.3) is 0 Å². The molecule has 0 fully saturated rings. The number of nitrogens with zero attached hydrogens (tertiary/aromatic N) is 3. The third kappa shape index (κ3) is 3.94. The number of anilines is 2. The Hall–Kier alpha value is -1.63. The first-order chi connectivity index (χ1) is 7.11. The highest BCUT2D eigenvalue weighted by atomic mass is 35.5. The molecule has 0 saturated heterocycles. The topological polar surface area (TPSA) is 103 Å². The van der Waals surface area contributed by atoms with Gasteiger partial charge in [-0.25, -0.2) is 0 Å². The number of halogens is 1. The van der Waals surface area contributed by atoms with Crippen LogP contribution in [0.4, 0.5) is 11.9 Å². The van der Waals surface area contributed by atoms with Crippen molar-refractivity contribution in [1.29, 1.82) is 0 Å². The lowest BCUT2D eigenvalue weighted by atomic mass is 10.6.